The average Bonchev–Trinajstić information content (AvgIpc) is 3.15. The molecule has 0 unspecified atom stereocenters. The molecule has 2 aromatic carbocycles. The number of aromatic nitrogens is 4. The summed E-state index contributed by atoms with van der Waals surface area (Å²) in [7, 11) is 0. The fraction of sp³-hybridized carbons (Fsp3) is 0.227. The highest BCUT2D eigenvalue weighted by Crippen LogP contribution is 2.14. The SMILES string of the molecule is CCCOCn1c(=O)c2c(ncn2Cc2ccccc2)n(-c2ccccc2)c1=O. The van der Waals surface area contributed by atoms with Crippen molar-refractivity contribution in [3.05, 3.63) is 93.4 Å². The second-order valence-corrected chi connectivity index (χ2v) is 6.75. The Bertz CT molecular complexity index is 1220. The van der Waals surface area contributed by atoms with E-state index in [4.69, 9.17) is 4.74 Å². The van der Waals surface area contributed by atoms with Crippen molar-refractivity contribution < 1.29 is 4.74 Å². The summed E-state index contributed by atoms with van der Waals surface area (Å²) in [6, 6.07) is 19.0. The van der Waals surface area contributed by atoms with E-state index >= 15 is 0 Å². The lowest BCUT2D eigenvalue weighted by Crippen LogP contribution is -2.40. The molecule has 0 radical (unpaired) electrons. The second kappa shape index (κ2) is 8.28. The van der Waals surface area contributed by atoms with E-state index in [1.807, 2.05) is 67.6 Å². The smallest absolute Gasteiger partial charge is 0.339 e. The van der Waals surface area contributed by atoms with Crippen molar-refractivity contribution >= 4 is 11.2 Å². The number of imidazole rings is 1. The van der Waals surface area contributed by atoms with Gasteiger partial charge >= 0.3 is 5.69 Å². The Morgan fingerprint density at radius 3 is 2.34 bits per heavy atom. The first-order chi connectivity index (χ1) is 14.2. The molecule has 0 fully saturated rings. The summed E-state index contributed by atoms with van der Waals surface area (Å²) in [6.45, 7) is 2.84. The molecule has 0 saturated heterocycles. The van der Waals surface area contributed by atoms with Crippen LogP contribution in [0.25, 0.3) is 16.9 Å². The standard InChI is InChI=1S/C22H22N4O3/c1-2-13-29-16-25-21(27)19-20(26(22(25)28)18-11-7-4-8-12-18)23-15-24(19)14-17-9-5-3-6-10-17/h3-12,15H,2,13-14,16H2,1H3. The number of hydrogen-bond donors (Lipinski definition) is 0. The summed E-state index contributed by atoms with van der Waals surface area (Å²) in [5.74, 6) is 0. The van der Waals surface area contributed by atoms with Gasteiger partial charge in [-0.05, 0) is 24.1 Å². The minimum Gasteiger partial charge on any atom is -0.360 e. The van der Waals surface area contributed by atoms with E-state index in [0.717, 1.165) is 16.6 Å². The molecule has 2 heterocycles. The van der Waals surface area contributed by atoms with Crippen LogP contribution in [0.3, 0.4) is 0 Å². The Kier molecular flexibility index (Phi) is 5.39. The maximum Gasteiger partial charge on any atom is 0.339 e. The minimum atomic E-state index is -0.463. The highest BCUT2D eigenvalue weighted by Gasteiger charge is 2.19. The van der Waals surface area contributed by atoms with Crippen LogP contribution >= 0.6 is 0 Å². The van der Waals surface area contributed by atoms with Gasteiger partial charge in [-0.25, -0.2) is 18.9 Å². The summed E-state index contributed by atoms with van der Waals surface area (Å²) in [4.78, 5) is 30.8. The molecular weight excluding hydrogens is 368 g/mol. The van der Waals surface area contributed by atoms with Gasteiger partial charge in [0.1, 0.15) is 6.73 Å². The Hall–Kier alpha value is -3.45. The maximum absolute atomic E-state index is 13.2. The first-order valence-electron chi connectivity index (χ1n) is 9.58. The molecule has 0 aliphatic heterocycles. The maximum atomic E-state index is 13.2. The zero-order chi connectivity index (χ0) is 20.2. The van der Waals surface area contributed by atoms with E-state index in [0.29, 0.717) is 30.0 Å². The predicted molar refractivity (Wildman–Crippen MR) is 111 cm³/mol. The summed E-state index contributed by atoms with van der Waals surface area (Å²) < 4.78 is 9.90. The molecule has 0 aliphatic carbocycles. The Morgan fingerprint density at radius 2 is 1.66 bits per heavy atom. The van der Waals surface area contributed by atoms with Crippen molar-refractivity contribution in [3.8, 4) is 5.69 Å². The average molecular weight is 390 g/mol. The van der Waals surface area contributed by atoms with Crippen LogP contribution in [0, 0.1) is 0 Å². The van der Waals surface area contributed by atoms with Crippen LogP contribution in [0.4, 0.5) is 0 Å². The summed E-state index contributed by atoms with van der Waals surface area (Å²) in [6.07, 6.45) is 2.41. The van der Waals surface area contributed by atoms with Crippen LogP contribution in [-0.2, 0) is 18.0 Å². The number of ether oxygens (including phenoxy) is 1. The van der Waals surface area contributed by atoms with Gasteiger partial charge in [0.15, 0.2) is 11.2 Å². The van der Waals surface area contributed by atoms with Crippen molar-refractivity contribution in [1.29, 1.82) is 0 Å². The lowest BCUT2D eigenvalue weighted by molar-refractivity contribution is 0.0721. The third kappa shape index (κ3) is 3.64. The van der Waals surface area contributed by atoms with Crippen molar-refractivity contribution in [2.24, 2.45) is 0 Å². The van der Waals surface area contributed by atoms with Crippen molar-refractivity contribution in [2.75, 3.05) is 6.61 Å². The van der Waals surface area contributed by atoms with E-state index in [-0.39, 0.29) is 6.73 Å². The fourth-order valence-corrected chi connectivity index (χ4v) is 3.30. The summed E-state index contributed by atoms with van der Waals surface area (Å²) in [5, 5.41) is 0. The molecule has 0 amide bonds. The van der Waals surface area contributed by atoms with Crippen molar-refractivity contribution in [2.45, 2.75) is 26.6 Å². The molecule has 0 aliphatic rings. The molecule has 148 valence electrons. The van der Waals surface area contributed by atoms with Gasteiger partial charge in [-0.3, -0.25) is 4.79 Å². The van der Waals surface area contributed by atoms with E-state index in [1.165, 1.54) is 4.57 Å². The molecule has 0 bridgehead atoms. The van der Waals surface area contributed by atoms with Gasteiger partial charge in [-0.2, -0.15) is 0 Å². The molecule has 0 atom stereocenters. The van der Waals surface area contributed by atoms with Crippen LogP contribution in [0.2, 0.25) is 0 Å². The number of hydrogen-bond acceptors (Lipinski definition) is 4. The fourth-order valence-electron chi connectivity index (χ4n) is 3.30. The van der Waals surface area contributed by atoms with Gasteiger partial charge in [0, 0.05) is 13.2 Å². The lowest BCUT2D eigenvalue weighted by atomic mass is 10.2. The molecule has 4 rings (SSSR count). The number of fused-ring (bicyclic) bond motifs is 1. The van der Waals surface area contributed by atoms with E-state index in [9.17, 15) is 9.59 Å². The predicted octanol–water partition coefficient (Wildman–Crippen LogP) is 2.78. The monoisotopic (exact) mass is 390 g/mol. The van der Waals surface area contributed by atoms with E-state index < -0.39 is 11.2 Å². The highest BCUT2D eigenvalue weighted by molar-refractivity contribution is 5.72. The van der Waals surface area contributed by atoms with Gasteiger partial charge in [-0.15, -0.1) is 0 Å². The zero-order valence-corrected chi connectivity index (χ0v) is 16.2. The Balaban J connectivity index is 1.94. The summed E-state index contributed by atoms with van der Waals surface area (Å²) >= 11 is 0. The largest absolute Gasteiger partial charge is 0.360 e. The molecule has 7 heteroatoms. The van der Waals surface area contributed by atoms with Crippen molar-refractivity contribution in [1.82, 2.24) is 18.7 Å². The molecule has 0 N–H and O–H groups in total. The van der Waals surface area contributed by atoms with Crippen LogP contribution in [0.15, 0.2) is 76.6 Å². The minimum absolute atomic E-state index is 0.0925. The highest BCUT2D eigenvalue weighted by atomic mass is 16.5. The van der Waals surface area contributed by atoms with Crippen molar-refractivity contribution in [3.63, 3.8) is 0 Å². The Labute approximate surface area is 167 Å². The van der Waals surface area contributed by atoms with Crippen LogP contribution in [0.1, 0.15) is 18.9 Å². The third-order valence-electron chi connectivity index (χ3n) is 4.68. The van der Waals surface area contributed by atoms with Crippen LogP contribution in [-0.4, -0.2) is 25.3 Å². The molecular formula is C22H22N4O3. The number of nitrogens with zero attached hydrogens (tertiary/aromatic N) is 4. The van der Waals surface area contributed by atoms with E-state index in [2.05, 4.69) is 4.98 Å². The van der Waals surface area contributed by atoms with Crippen LogP contribution < -0.4 is 11.2 Å². The summed E-state index contributed by atoms with van der Waals surface area (Å²) in [5.41, 5.74) is 1.54. The molecule has 2 aromatic heterocycles. The van der Waals surface area contributed by atoms with Gasteiger partial charge in [0.05, 0.1) is 12.0 Å². The first-order valence-corrected chi connectivity index (χ1v) is 9.58. The van der Waals surface area contributed by atoms with Gasteiger partial charge in [0.2, 0.25) is 0 Å². The normalized spacial score (nSPS) is 11.2. The molecule has 0 spiro atoms. The topological polar surface area (TPSA) is 71.1 Å². The molecule has 7 nitrogen and oxygen atoms in total. The molecule has 4 aromatic rings. The van der Waals surface area contributed by atoms with Gasteiger partial charge in [-0.1, -0.05) is 55.5 Å². The number of rotatable bonds is 7. The van der Waals surface area contributed by atoms with Crippen LogP contribution in [0.5, 0.6) is 0 Å². The second-order valence-electron chi connectivity index (χ2n) is 6.75. The van der Waals surface area contributed by atoms with E-state index in [1.54, 1.807) is 10.9 Å². The number of para-hydroxylation sites is 1. The number of benzene rings is 2. The zero-order valence-electron chi connectivity index (χ0n) is 16.2. The molecule has 29 heavy (non-hydrogen) atoms. The van der Waals surface area contributed by atoms with Gasteiger partial charge < -0.3 is 9.30 Å². The molecule has 0 saturated carbocycles. The lowest BCUT2D eigenvalue weighted by Gasteiger charge is -2.13. The quantitative estimate of drug-likeness (QED) is 0.455. The Morgan fingerprint density at radius 1 is 0.966 bits per heavy atom. The third-order valence-corrected chi connectivity index (χ3v) is 4.68. The van der Waals surface area contributed by atoms with Gasteiger partial charge in [0.25, 0.3) is 5.56 Å². The first kappa shape index (κ1) is 18.9.